The van der Waals surface area contributed by atoms with Crippen LogP contribution in [0.2, 0.25) is 0 Å². The molecule has 0 amide bonds. The normalized spacial score (nSPS) is 11.0. The molecule has 10 nitrogen and oxygen atoms in total. The summed E-state index contributed by atoms with van der Waals surface area (Å²) in [5.74, 6) is -0.00256. The molecule has 0 aliphatic carbocycles. The Balaban J connectivity index is 0.00000400. The van der Waals surface area contributed by atoms with Gasteiger partial charge in [0.1, 0.15) is 10.6 Å². The molecule has 0 saturated heterocycles. The Labute approximate surface area is 303 Å². The number of fused-ring (bicyclic) bond motifs is 1. The Hall–Kier alpha value is -3.65. The molecule has 0 saturated carbocycles. The summed E-state index contributed by atoms with van der Waals surface area (Å²) in [6.45, 7) is 3.65. The van der Waals surface area contributed by atoms with Crippen LogP contribution in [0.3, 0.4) is 0 Å². The van der Waals surface area contributed by atoms with Crippen molar-refractivity contribution in [3.05, 3.63) is 126 Å². The average Bonchev–Trinajstić information content (AvgIpc) is 3.68. The number of nitrogens with zero attached hydrogens (tertiary/aromatic N) is 3. The number of hydrogen-bond acceptors (Lipinski definition) is 8. The van der Waals surface area contributed by atoms with E-state index in [4.69, 9.17) is 9.26 Å². The average molecular weight is 649 g/mol. The SMILES string of the molecule is CCc1cc2c(=O)n(CC(=O)c3ccc(OC)c(C)c3)c(=O)n(Cc3ccc(-c4ccccc4-c4noc(=O)[nH]4)cc3)c2s1.[KH]. The summed E-state index contributed by atoms with van der Waals surface area (Å²) in [4.78, 5) is 56.3. The van der Waals surface area contributed by atoms with E-state index in [0.717, 1.165) is 31.7 Å². The fraction of sp³-hybridized carbons (Fsp3) is 0.182. The number of carbonyl (C=O) groups excluding carboxylic acids is 1. The Morgan fingerprint density at radius 1 is 0.978 bits per heavy atom. The number of ketones is 1. The van der Waals surface area contributed by atoms with Crippen LogP contribution in [0.5, 0.6) is 5.75 Å². The molecule has 224 valence electrons. The van der Waals surface area contributed by atoms with E-state index in [1.807, 2.05) is 68.4 Å². The van der Waals surface area contributed by atoms with Gasteiger partial charge in [0.05, 0.1) is 25.6 Å². The van der Waals surface area contributed by atoms with Crippen LogP contribution in [0, 0.1) is 6.92 Å². The zero-order valence-corrected chi connectivity index (χ0v) is 25.1. The van der Waals surface area contributed by atoms with Crippen molar-refractivity contribution in [2.75, 3.05) is 7.11 Å². The molecular weight excluding hydrogens is 620 g/mol. The Morgan fingerprint density at radius 3 is 2.36 bits per heavy atom. The van der Waals surface area contributed by atoms with Gasteiger partial charge in [0.25, 0.3) is 5.56 Å². The third-order valence-corrected chi connectivity index (χ3v) is 8.84. The van der Waals surface area contributed by atoms with E-state index in [1.165, 1.54) is 11.3 Å². The molecule has 3 aromatic heterocycles. The zero-order chi connectivity index (χ0) is 31.0. The van der Waals surface area contributed by atoms with Gasteiger partial charge in [0.15, 0.2) is 11.6 Å². The Kier molecular flexibility index (Phi) is 10.0. The number of aromatic amines is 1. The van der Waals surface area contributed by atoms with Gasteiger partial charge in [-0.15, -0.1) is 11.3 Å². The fourth-order valence-corrected chi connectivity index (χ4v) is 6.33. The van der Waals surface area contributed by atoms with Gasteiger partial charge in [0.2, 0.25) is 0 Å². The minimum atomic E-state index is -0.635. The number of Topliss-reactive ketones (excluding diaryl/α,β-unsaturated/α-hetero) is 1. The maximum absolute atomic E-state index is 13.8. The standard InChI is InChI=1S/C33H28N4O6S.K.H/c1-4-23-16-26-30(39)36(18-27(38)22-13-14-28(42-3)19(2)15-22)33(41)37(31(26)44-23)17-20-9-11-21(12-10-20)24-7-5-6-8-25(24)29-34-32(40)43-35-29;;/h5-16H,4,17-18H2,1-3H3,(H,34,35,40);;. The van der Waals surface area contributed by atoms with E-state index in [1.54, 1.807) is 29.9 Å². The number of nitrogens with one attached hydrogen (secondary N) is 1. The zero-order valence-electron chi connectivity index (χ0n) is 24.2. The van der Waals surface area contributed by atoms with Crippen molar-refractivity contribution in [1.82, 2.24) is 19.3 Å². The van der Waals surface area contributed by atoms with Gasteiger partial charge < -0.3 is 4.74 Å². The molecule has 0 radical (unpaired) electrons. The van der Waals surface area contributed by atoms with E-state index < -0.39 is 17.0 Å². The van der Waals surface area contributed by atoms with E-state index in [2.05, 4.69) is 10.1 Å². The van der Waals surface area contributed by atoms with Crippen LogP contribution in [-0.2, 0) is 19.5 Å². The number of hydrogen-bond donors (Lipinski definition) is 1. The fourth-order valence-electron chi connectivity index (χ4n) is 5.25. The molecule has 6 aromatic rings. The van der Waals surface area contributed by atoms with Crippen molar-refractivity contribution in [2.24, 2.45) is 0 Å². The molecule has 0 fully saturated rings. The molecule has 0 spiro atoms. The Bertz CT molecular complexity index is 2210. The van der Waals surface area contributed by atoms with Gasteiger partial charge in [-0.2, -0.15) is 0 Å². The summed E-state index contributed by atoms with van der Waals surface area (Å²) in [5.41, 5.74) is 3.41. The molecule has 1 N–H and O–H groups in total. The number of thiophene rings is 1. The van der Waals surface area contributed by atoms with E-state index in [-0.39, 0.29) is 70.3 Å². The maximum atomic E-state index is 13.8. The molecule has 0 unspecified atom stereocenters. The molecule has 3 heterocycles. The van der Waals surface area contributed by atoms with Crippen LogP contribution < -0.4 is 21.7 Å². The van der Waals surface area contributed by atoms with Gasteiger partial charge in [-0.1, -0.05) is 60.6 Å². The molecule has 12 heteroatoms. The number of carbonyl (C=O) groups is 1. The van der Waals surface area contributed by atoms with E-state index >= 15 is 0 Å². The second-order valence-corrected chi connectivity index (χ2v) is 11.5. The number of aryl methyl sites for hydroxylation is 2. The number of H-pyrrole nitrogens is 1. The van der Waals surface area contributed by atoms with Crippen LogP contribution in [0.15, 0.2) is 91.7 Å². The number of aromatic nitrogens is 4. The predicted octanol–water partition coefficient (Wildman–Crippen LogP) is 4.40. The quantitative estimate of drug-likeness (QED) is 0.182. The molecule has 0 atom stereocenters. The summed E-state index contributed by atoms with van der Waals surface area (Å²) < 4.78 is 12.6. The third-order valence-electron chi connectivity index (χ3n) is 7.54. The molecule has 3 aromatic carbocycles. The monoisotopic (exact) mass is 648 g/mol. The third kappa shape index (κ3) is 6.53. The van der Waals surface area contributed by atoms with Crippen LogP contribution >= 0.6 is 11.3 Å². The van der Waals surface area contributed by atoms with Gasteiger partial charge >= 0.3 is 62.8 Å². The summed E-state index contributed by atoms with van der Waals surface area (Å²) in [5, 5.41) is 4.24. The molecule has 0 aliphatic heterocycles. The van der Waals surface area contributed by atoms with Crippen molar-refractivity contribution in [3.63, 3.8) is 0 Å². The van der Waals surface area contributed by atoms with Gasteiger partial charge in [-0.05, 0) is 59.9 Å². The van der Waals surface area contributed by atoms with Crippen LogP contribution in [-0.4, -0.2) is 83.6 Å². The van der Waals surface area contributed by atoms with Crippen molar-refractivity contribution in [2.45, 2.75) is 33.4 Å². The molecule has 45 heavy (non-hydrogen) atoms. The van der Waals surface area contributed by atoms with Crippen molar-refractivity contribution >= 4 is 78.7 Å². The van der Waals surface area contributed by atoms with Gasteiger partial charge in [-0.25, -0.2) is 9.59 Å². The van der Waals surface area contributed by atoms with Crippen molar-refractivity contribution in [1.29, 1.82) is 0 Å². The second-order valence-electron chi connectivity index (χ2n) is 10.3. The predicted molar refractivity (Wildman–Crippen MR) is 176 cm³/mol. The van der Waals surface area contributed by atoms with E-state index in [9.17, 15) is 19.2 Å². The van der Waals surface area contributed by atoms with Crippen molar-refractivity contribution in [3.8, 4) is 28.3 Å². The topological polar surface area (TPSA) is 129 Å². The first-order valence-corrected chi connectivity index (χ1v) is 14.8. The first kappa shape index (κ1) is 32.7. The summed E-state index contributed by atoms with van der Waals surface area (Å²) in [6.07, 6.45) is 0.710. The second kappa shape index (κ2) is 13.8. The number of methoxy groups -OCH3 is 1. The molecule has 0 aliphatic rings. The number of rotatable bonds is 9. The van der Waals surface area contributed by atoms with Crippen LogP contribution in [0.4, 0.5) is 0 Å². The molecule has 0 bridgehead atoms. The first-order chi connectivity index (χ1) is 21.3. The first-order valence-electron chi connectivity index (χ1n) is 14.0. The van der Waals surface area contributed by atoms with Gasteiger partial charge in [-0.3, -0.25) is 28.2 Å². The van der Waals surface area contributed by atoms with E-state index in [0.29, 0.717) is 39.3 Å². The number of ether oxygens (including phenoxy) is 1. The van der Waals surface area contributed by atoms with Crippen LogP contribution in [0.1, 0.15) is 33.3 Å². The molecule has 6 rings (SSSR count). The van der Waals surface area contributed by atoms with Gasteiger partial charge in [0, 0.05) is 16.0 Å². The minimum absolute atomic E-state index is 0. The summed E-state index contributed by atoms with van der Waals surface area (Å²) in [6, 6.07) is 22.0. The Morgan fingerprint density at radius 2 is 1.71 bits per heavy atom. The summed E-state index contributed by atoms with van der Waals surface area (Å²) >= 11 is 1.41. The van der Waals surface area contributed by atoms with Crippen molar-refractivity contribution < 1.29 is 14.1 Å². The molecular formula is C33H29KN4O6S. The number of benzene rings is 3. The summed E-state index contributed by atoms with van der Waals surface area (Å²) in [7, 11) is 1.56. The van der Waals surface area contributed by atoms with Crippen LogP contribution in [0.25, 0.3) is 32.7 Å².